The number of carbonyl (C=O) groups excluding carboxylic acids is 1. The molecular weight excluding hydrogens is 279 g/mol. The van der Waals surface area contributed by atoms with Crippen LogP contribution in [0.2, 0.25) is 0 Å². The number of methoxy groups -OCH3 is 1. The number of phenolic OH excluding ortho intramolecular Hbond substituents is 1. The van der Waals surface area contributed by atoms with Gasteiger partial charge in [0, 0.05) is 10.6 Å². The maximum Gasteiger partial charge on any atom is 0.337 e. The van der Waals surface area contributed by atoms with Crippen LogP contribution >= 0.6 is 11.8 Å². The number of halogens is 1. The average Bonchev–Trinajstić information content (AvgIpc) is 2.46. The molecule has 2 aromatic rings. The molecule has 2 aromatic carbocycles. The lowest BCUT2D eigenvalue weighted by molar-refractivity contribution is 0.0600. The van der Waals surface area contributed by atoms with E-state index in [1.807, 2.05) is 0 Å². The van der Waals surface area contributed by atoms with Gasteiger partial charge < -0.3 is 9.84 Å². The zero-order valence-electron chi connectivity index (χ0n) is 10.8. The molecule has 2 rings (SSSR count). The highest BCUT2D eigenvalue weighted by Crippen LogP contribution is 2.26. The molecule has 0 aromatic heterocycles. The minimum absolute atomic E-state index is 0.197. The summed E-state index contributed by atoms with van der Waals surface area (Å²) in [5, 5.41) is 9.18. The normalized spacial score (nSPS) is 10.3. The standard InChI is InChI=1S/C15H13FO3S/c1-19-15(18)10-2-3-11(14(16)8-10)9-20-13-6-4-12(17)5-7-13/h2-8,17H,9H2,1H3. The molecule has 0 saturated heterocycles. The first-order valence-electron chi connectivity index (χ1n) is 5.88. The molecule has 0 amide bonds. The molecule has 20 heavy (non-hydrogen) atoms. The van der Waals surface area contributed by atoms with Crippen molar-refractivity contribution in [2.75, 3.05) is 7.11 Å². The molecule has 0 aliphatic carbocycles. The Morgan fingerprint density at radius 2 is 1.95 bits per heavy atom. The monoisotopic (exact) mass is 292 g/mol. The first kappa shape index (κ1) is 14.4. The van der Waals surface area contributed by atoms with Gasteiger partial charge in [-0.05, 0) is 42.0 Å². The molecule has 0 fully saturated rings. The molecule has 0 unspecified atom stereocenters. The Morgan fingerprint density at radius 3 is 2.55 bits per heavy atom. The number of ether oxygens (including phenoxy) is 1. The van der Waals surface area contributed by atoms with Gasteiger partial charge in [0.1, 0.15) is 11.6 Å². The number of thioether (sulfide) groups is 1. The fourth-order valence-electron chi connectivity index (χ4n) is 1.61. The van der Waals surface area contributed by atoms with Gasteiger partial charge >= 0.3 is 5.97 Å². The smallest absolute Gasteiger partial charge is 0.337 e. The van der Waals surface area contributed by atoms with E-state index in [9.17, 15) is 14.3 Å². The number of esters is 1. The minimum atomic E-state index is -0.554. The van der Waals surface area contributed by atoms with Crippen molar-refractivity contribution in [2.24, 2.45) is 0 Å². The highest BCUT2D eigenvalue weighted by molar-refractivity contribution is 7.98. The summed E-state index contributed by atoms with van der Waals surface area (Å²) < 4.78 is 18.4. The molecule has 0 aliphatic rings. The number of rotatable bonds is 4. The van der Waals surface area contributed by atoms with Gasteiger partial charge in [-0.25, -0.2) is 9.18 Å². The average molecular weight is 292 g/mol. The Bertz CT molecular complexity index is 611. The first-order chi connectivity index (χ1) is 9.60. The largest absolute Gasteiger partial charge is 0.508 e. The van der Waals surface area contributed by atoms with Crippen LogP contribution < -0.4 is 0 Å². The van der Waals surface area contributed by atoms with Crippen LogP contribution in [-0.4, -0.2) is 18.2 Å². The fraction of sp³-hybridized carbons (Fsp3) is 0.133. The third-order valence-corrected chi connectivity index (χ3v) is 3.77. The minimum Gasteiger partial charge on any atom is -0.508 e. The zero-order valence-corrected chi connectivity index (χ0v) is 11.6. The number of hydrogen-bond donors (Lipinski definition) is 1. The SMILES string of the molecule is COC(=O)c1ccc(CSc2ccc(O)cc2)c(F)c1. The predicted octanol–water partition coefficient (Wildman–Crippen LogP) is 3.61. The van der Waals surface area contributed by atoms with Crippen LogP contribution in [0.1, 0.15) is 15.9 Å². The number of benzene rings is 2. The highest BCUT2D eigenvalue weighted by atomic mass is 32.2. The van der Waals surface area contributed by atoms with Gasteiger partial charge in [-0.2, -0.15) is 0 Å². The van der Waals surface area contributed by atoms with E-state index in [4.69, 9.17) is 0 Å². The van der Waals surface area contributed by atoms with E-state index in [-0.39, 0.29) is 11.3 Å². The quantitative estimate of drug-likeness (QED) is 0.690. The lowest BCUT2D eigenvalue weighted by Gasteiger charge is -2.05. The molecular formula is C15H13FO3S. The van der Waals surface area contributed by atoms with E-state index in [0.717, 1.165) is 4.90 Å². The summed E-state index contributed by atoms with van der Waals surface area (Å²) in [5.74, 6) is -0.346. The number of hydrogen-bond acceptors (Lipinski definition) is 4. The maximum atomic E-state index is 13.9. The van der Waals surface area contributed by atoms with Gasteiger partial charge in [-0.15, -0.1) is 11.8 Å². The lowest BCUT2D eigenvalue weighted by atomic mass is 10.1. The lowest BCUT2D eigenvalue weighted by Crippen LogP contribution is -2.02. The predicted molar refractivity (Wildman–Crippen MR) is 75.4 cm³/mol. The third kappa shape index (κ3) is 3.51. The van der Waals surface area contributed by atoms with Crippen molar-refractivity contribution < 1.29 is 19.0 Å². The molecule has 5 heteroatoms. The van der Waals surface area contributed by atoms with E-state index in [2.05, 4.69) is 4.74 Å². The summed E-state index contributed by atoms with van der Waals surface area (Å²) >= 11 is 1.45. The molecule has 1 N–H and O–H groups in total. The van der Waals surface area contributed by atoms with Crippen LogP contribution in [0.25, 0.3) is 0 Å². The van der Waals surface area contributed by atoms with E-state index in [1.54, 1.807) is 36.4 Å². The second-order valence-corrected chi connectivity index (χ2v) is 5.13. The molecule has 0 spiro atoms. The van der Waals surface area contributed by atoms with Crippen molar-refractivity contribution in [2.45, 2.75) is 10.6 Å². The van der Waals surface area contributed by atoms with E-state index in [0.29, 0.717) is 11.3 Å². The third-order valence-electron chi connectivity index (χ3n) is 2.71. The van der Waals surface area contributed by atoms with Crippen LogP contribution in [0, 0.1) is 5.82 Å². The van der Waals surface area contributed by atoms with Crippen molar-refractivity contribution in [3.8, 4) is 5.75 Å². The van der Waals surface area contributed by atoms with Gasteiger partial charge in [0.25, 0.3) is 0 Å². The zero-order chi connectivity index (χ0) is 14.5. The van der Waals surface area contributed by atoms with Crippen molar-refractivity contribution in [3.63, 3.8) is 0 Å². The van der Waals surface area contributed by atoms with Crippen LogP contribution in [-0.2, 0) is 10.5 Å². The molecule has 0 heterocycles. The summed E-state index contributed by atoms with van der Waals surface area (Å²) in [6.45, 7) is 0. The van der Waals surface area contributed by atoms with Crippen LogP contribution in [0.15, 0.2) is 47.4 Å². The van der Waals surface area contributed by atoms with Gasteiger partial charge in [0.05, 0.1) is 12.7 Å². The Kier molecular flexibility index (Phi) is 4.63. The van der Waals surface area contributed by atoms with E-state index in [1.165, 1.54) is 24.9 Å². The Morgan fingerprint density at radius 1 is 1.25 bits per heavy atom. The second kappa shape index (κ2) is 6.43. The van der Waals surface area contributed by atoms with E-state index >= 15 is 0 Å². The molecule has 0 atom stereocenters. The Labute approximate surface area is 120 Å². The molecule has 3 nitrogen and oxygen atoms in total. The summed E-state index contributed by atoms with van der Waals surface area (Å²) in [7, 11) is 1.26. The van der Waals surface area contributed by atoms with Crippen LogP contribution in [0.4, 0.5) is 4.39 Å². The highest BCUT2D eigenvalue weighted by Gasteiger charge is 2.10. The molecule has 0 bridgehead atoms. The van der Waals surface area contributed by atoms with Crippen molar-refractivity contribution in [1.29, 1.82) is 0 Å². The first-order valence-corrected chi connectivity index (χ1v) is 6.87. The van der Waals surface area contributed by atoms with E-state index < -0.39 is 11.8 Å². The summed E-state index contributed by atoms with van der Waals surface area (Å²) in [5.41, 5.74) is 0.708. The molecule has 0 saturated carbocycles. The number of phenols is 1. The van der Waals surface area contributed by atoms with Crippen LogP contribution in [0.3, 0.4) is 0 Å². The Hall–Kier alpha value is -2.01. The van der Waals surface area contributed by atoms with Crippen molar-refractivity contribution in [3.05, 3.63) is 59.4 Å². The summed E-state index contributed by atoms with van der Waals surface area (Å²) in [6, 6.07) is 11.0. The molecule has 0 aliphatic heterocycles. The fourth-order valence-corrected chi connectivity index (χ4v) is 2.50. The van der Waals surface area contributed by atoms with Crippen molar-refractivity contribution >= 4 is 17.7 Å². The summed E-state index contributed by atoms with van der Waals surface area (Å²) in [6.07, 6.45) is 0. The summed E-state index contributed by atoms with van der Waals surface area (Å²) in [4.78, 5) is 12.2. The van der Waals surface area contributed by atoms with Gasteiger partial charge in [0.15, 0.2) is 0 Å². The number of aromatic hydroxyl groups is 1. The molecule has 0 radical (unpaired) electrons. The maximum absolute atomic E-state index is 13.9. The van der Waals surface area contributed by atoms with Crippen molar-refractivity contribution in [1.82, 2.24) is 0 Å². The topological polar surface area (TPSA) is 46.5 Å². The molecule has 104 valence electrons. The van der Waals surface area contributed by atoms with Gasteiger partial charge in [-0.1, -0.05) is 6.07 Å². The van der Waals surface area contributed by atoms with Gasteiger partial charge in [-0.3, -0.25) is 0 Å². The number of carbonyl (C=O) groups is 1. The Balaban J connectivity index is 2.06. The van der Waals surface area contributed by atoms with Gasteiger partial charge in [0.2, 0.25) is 0 Å². The van der Waals surface area contributed by atoms with Crippen LogP contribution in [0.5, 0.6) is 5.75 Å². The second-order valence-electron chi connectivity index (χ2n) is 4.08.